The van der Waals surface area contributed by atoms with Crippen LogP contribution in [0.1, 0.15) is 77.1 Å². The molecule has 42 heavy (non-hydrogen) atoms. The number of para-hydroxylation sites is 1. The molecule has 0 unspecified atom stereocenters. The maximum absolute atomic E-state index is 13.0. The number of aryl methyl sites for hydroxylation is 2. The molecule has 1 saturated carbocycles. The summed E-state index contributed by atoms with van der Waals surface area (Å²) in [7, 11) is 1.71. The lowest BCUT2D eigenvalue weighted by Crippen LogP contribution is -2.29. The number of nitrogens with one attached hydrogen (secondary N) is 1. The van der Waals surface area contributed by atoms with Crippen molar-refractivity contribution in [2.45, 2.75) is 98.4 Å². The summed E-state index contributed by atoms with van der Waals surface area (Å²) in [6, 6.07) is 8.30. The number of hydrogen-bond acceptors (Lipinski definition) is 7. The molecule has 3 aromatic heterocycles. The van der Waals surface area contributed by atoms with Gasteiger partial charge in [-0.05, 0) is 60.5 Å². The van der Waals surface area contributed by atoms with Crippen LogP contribution in [-0.4, -0.2) is 54.5 Å². The minimum absolute atomic E-state index is 0.0417. The molecule has 1 fully saturated rings. The Labute approximate surface area is 247 Å². The third-order valence-electron chi connectivity index (χ3n) is 7.01. The van der Waals surface area contributed by atoms with Crippen molar-refractivity contribution in [3.05, 3.63) is 58.2 Å². The molecule has 4 aromatic rings. The van der Waals surface area contributed by atoms with Gasteiger partial charge in [-0.25, -0.2) is 19.6 Å². The number of imidazole rings is 1. The molecule has 3 heterocycles. The van der Waals surface area contributed by atoms with Crippen LogP contribution in [0.25, 0.3) is 21.9 Å². The average Bonchev–Trinajstić information content (AvgIpc) is 3.30. The normalized spacial score (nSPS) is 13.3. The number of carbonyl (C=O) groups excluding carboxylic acids is 1. The first-order valence-corrected chi connectivity index (χ1v) is 14.4. The summed E-state index contributed by atoms with van der Waals surface area (Å²) in [6.07, 6.45) is 8.69. The molecule has 1 aliphatic rings. The lowest BCUT2D eigenvalue weighted by atomic mass is 9.96. The van der Waals surface area contributed by atoms with Gasteiger partial charge in [-0.1, -0.05) is 43.4 Å². The Bertz CT molecular complexity index is 1600. The molecule has 1 N–H and O–H groups in total. The number of hydrogen-bond donors (Lipinski definition) is 1. The first kappa shape index (κ1) is 32.4. The molecule has 0 saturated heterocycles. The first-order chi connectivity index (χ1) is 20.1. The summed E-state index contributed by atoms with van der Waals surface area (Å²) >= 11 is 0. The third kappa shape index (κ3) is 8.95. The summed E-state index contributed by atoms with van der Waals surface area (Å²) in [6.45, 7) is 12.3. The Hall–Kier alpha value is -4.10. The van der Waals surface area contributed by atoms with E-state index in [1.165, 1.54) is 36.8 Å². The summed E-state index contributed by atoms with van der Waals surface area (Å²) in [5.41, 5.74) is 2.63. The monoisotopic (exact) mass is 573 g/mol. The second-order valence-corrected chi connectivity index (χ2v) is 11.2. The number of benzene rings is 1. The molecule has 10 nitrogen and oxygen atoms in total. The molecule has 0 radical (unpaired) electrons. The topological polar surface area (TPSA) is 117 Å². The van der Waals surface area contributed by atoms with Crippen LogP contribution in [-0.2, 0) is 22.6 Å². The quantitative estimate of drug-likeness (QED) is 0.271. The van der Waals surface area contributed by atoms with Gasteiger partial charge in [-0.3, -0.25) is 9.59 Å². The van der Waals surface area contributed by atoms with Crippen molar-refractivity contribution in [2.24, 2.45) is 0 Å². The third-order valence-corrected chi connectivity index (χ3v) is 7.01. The fraction of sp³-hybridized carbons (Fsp3) is 0.500. The molecule has 1 aromatic carbocycles. The van der Waals surface area contributed by atoms with E-state index in [-0.39, 0.29) is 17.7 Å². The zero-order valence-corrected chi connectivity index (χ0v) is 25.9. The fourth-order valence-electron chi connectivity index (χ4n) is 4.53. The molecule has 0 aliphatic heterocycles. The second kappa shape index (κ2) is 15.2. The molecule has 0 bridgehead atoms. The van der Waals surface area contributed by atoms with Crippen molar-refractivity contribution >= 4 is 28.3 Å². The standard InChI is InChI=1S/C20H18N6O.C7H13NO.C5H12O/c1-4-5-10-25-14(3)23-17-11-21-26(20(27)19(17)25)12-18-22-13(2)15-8-6-7-9-16(15)24-18;9-6-8-7-4-2-1-3-5-7;1-5(2,3)6-4/h6-9,11H,10,12H2,1-3H3;6-7H,1-5H2,(H,8,9);1-4H3. The van der Waals surface area contributed by atoms with Crippen LogP contribution in [0.5, 0.6) is 0 Å². The summed E-state index contributed by atoms with van der Waals surface area (Å²) in [5.74, 6) is 7.13. The molecule has 0 spiro atoms. The molecule has 10 heteroatoms. The van der Waals surface area contributed by atoms with E-state index >= 15 is 0 Å². The van der Waals surface area contributed by atoms with Crippen LogP contribution < -0.4 is 10.9 Å². The van der Waals surface area contributed by atoms with Gasteiger partial charge in [0, 0.05) is 24.2 Å². The highest BCUT2D eigenvalue weighted by molar-refractivity contribution is 5.80. The Balaban J connectivity index is 0.000000265. The van der Waals surface area contributed by atoms with Crippen molar-refractivity contribution in [1.82, 2.24) is 34.6 Å². The Morgan fingerprint density at radius 1 is 1.07 bits per heavy atom. The van der Waals surface area contributed by atoms with Crippen molar-refractivity contribution in [1.29, 1.82) is 0 Å². The number of rotatable bonds is 5. The van der Waals surface area contributed by atoms with Gasteiger partial charge in [0.05, 0.1) is 23.9 Å². The minimum atomic E-state index is -0.222. The largest absolute Gasteiger partial charge is 0.379 e. The molecule has 1 aliphatic carbocycles. The van der Waals surface area contributed by atoms with Gasteiger partial charge >= 0.3 is 0 Å². The highest BCUT2D eigenvalue weighted by Gasteiger charge is 2.15. The van der Waals surface area contributed by atoms with Crippen molar-refractivity contribution in [2.75, 3.05) is 7.11 Å². The van der Waals surface area contributed by atoms with E-state index in [9.17, 15) is 9.59 Å². The fourth-order valence-corrected chi connectivity index (χ4v) is 4.53. The molecule has 224 valence electrons. The summed E-state index contributed by atoms with van der Waals surface area (Å²) in [5, 5.41) is 8.07. The average molecular weight is 574 g/mol. The zero-order chi connectivity index (χ0) is 30.7. The SMILES string of the molecule is CC#CCn1c(C)nc2cnn(Cc3nc(C)c4ccccc4n3)c(=O)c21.COC(C)(C)C.O=CNC1CCCCC1. The van der Waals surface area contributed by atoms with Gasteiger partial charge < -0.3 is 14.6 Å². The van der Waals surface area contributed by atoms with Crippen molar-refractivity contribution in [3.63, 3.8) is 0 Å². The maximum Gasteiger partial charge on any atom is 0.293 e. The Morgan fingerprint density at radius 2 is 1.76 bits per heavy atom. The van der Waals surface area contributed by atoms with E-state index in [2.05, 4.69) is 37.2 Å². The number of aromatic nitrogens is 6. The summed E-state index contributed by atoms with van der Waals surface area (Å²) in [4.78, 5) is 36.5. The Morgan fingerprint density at radius 3 is 2.40 bits per heavy atom. The van der Waals surface area contributed by atoms with Gasteiger partial charge in [0.1, 0.15) is 23.4 Å². The second-order valence-electron chi connectivity index (χ2n) is 11.2. The number of amides is 1. The number of fused-ring (bicyclic) bond motifs is 2. The predicted octanol–water partition coefficient (Wildman–Crippen LogP) is 4.72. The molecular weight excluding hydrogens is 530 g/mol. The van der Waals surface area contributed by atoms with Crippen molar-refractivity contribution in [3.8, 4) is 11.8 Å². The molecule has 5 rings (SSSR count). The smallest absolute Gasteiger partial charge is 0.293 e. The number of methoxy groups -OCH3 is 1. The number of nitrogens with zero attached hydrogens (tertiary/aromatic N) is 6. The Kier molecular flexibility index (Phi) is 11.7. The van der Waals surface area contributed by atoms with Gasteiger partial charge in [-0.2, -0.15) is 5.10 Å². The molecule has 1 amide bonds. The number of carbonyl (C=O) groups is 1. The van der Waals surface area contributed by atoms with Crippen LogP contribution in [0.3, 0.4) is 0 Å². The lowest BCUT2D eigenvalue weighted by molar-refractivity contribution is -0.110. The summed E-state index contributed by atoms with van der Waals surface area (Å²) < 4.78 is 8.13. The minimum Gasteiger partial charge on any atom is -0.379 e. The van der Waals surface area contributed by atoms with E-state index < -0.39 is 0 Å². The van der Waals surface area contributed by atoms with Crippen LogP contribution in [0.15, 0.2) is 35.3 Å². The highest BCUT2D eigenvalue weighted by atomic mass is 16.5. The van der Waals surface area contributed by atoms with E-state index in [0.29, 0.717) is 29.4 Å². The van der Waals surface area contributed by atoms with Crippen LogP contribution >= 0.6 is 0 Å². The molecule has 0 atom stereocenters. The van der Waals surface area contributed by atoms with Gasteiger partial charge in [-0.15, -0.1) is 5.92 Å². The highest BCUT2D eigenvalue weighted by Crippen LogP contribution is 2.17. The maximum atomic E-state index is 13.0. The molecular formula is C32H43N7O3. The van der Waals surface area contributed by atoms with Crippen molar-refractivity contribution < 1.29 is 9.53 Å². The lowest BCUT2D eigenvalue weighted by Gasteiger charge is -2.19. The zero-order valence-electron chi connectivity index (χ0n) is 25.9. The van der Waals surface area contributed by atoms with Gasteiger partial charge in [0.2, 0.25) is 6.41 Å². The van der Waals surface area contributed by atoms with Gasteiger partial charge in [0.15, 0.2) is 5.82 Å². The number of ether oxygens (including phenoxy) is 1. The predicted molar refractivity (Wildman–Crippen MR) is 166 cm³/mol. The van der Waals surface area contributed by atoms with E-state index in [4.69, 9.17) is 4.74 Å². The van der Waals surface area contributed by atoms with Crippen LogP contribution in [0.4, 0.5) is 0 Å². The van der Waals surface area contributed by atoms with E-state index in [1.54, 1.807) is 20.2 Å². The van der Waals surface area contributed by atoms with E-state index in [0.717, 1.165) is 28.8 Å². The first-order valence-electron chi connectivity index (χ1n) is 14.4. The van der Waals surface area contributed by atoms with Crippen LogP contribution in [0, 0.1) is 25.7 Å². The van der Waals surface area contributed by atoms with Gasteiger partial charge in [0.25, 0.3) is 5.56 Å². The van der Waals surface area contributed by atoms with Crippen LogP contribution in [0.2, 0.25) is 0 Å². The van der Waals surface area contributed by atoms with E-state index in [1.807, 2.05) is 63.5 Å².